The first kappa shape index (κ1) is 23.6. The lowest BCUT2D eigenvalue weighted by molar-refractivity contribution is 0.0938. The van der Waals surface area contributed by atoms with Gasteiger partial charge in [-0.15, -0.1) is 11.3 Å². The zero-order chi connectivity index (χ0) is 25.8. The molecule has 37 heavy (non-hydrogen) atoms. The molecule has 2 bridgehead atoms. The van der Waals surface area contributed by atoms with Crippen molar-refractivity contribution in [3.8, 4) is 6.07 Å². The predicted octanol–water partition coefficient (Wildman–Crippen LogP) is 3.68. The van der Waals surface area contributed by atoms with E-state index in [-0.39, 0.29) is 24.0 Å². The fraction of sp³-hybridized carbons (Fsp3) is 0.407. The Morgan fingerprint density at radius 3 is 2.65 bits per heavy atom. The van der Waals surface area contributed by atoms with Crippen LogP contribution in [0.2, 0.25) is 0 Å². The van der Waals surface area contributed by atoms with Gasteiger partial charge in [0.1, 0.15) is 15.8 Å². The number of nitrogens with zero attached hydrogens (tertiary/aromatic N) is 4. The van der Waals surface area contributed by atoms with Crippen LogP contribution in [0.3, 0.4) is 0 Å². The Kier molecular flexibility index (Phi) is 5.68. The molecule has 3 atom stereocenters. The summed E-state index contributed by atoms with van der Waals surface area (Å²) in [5, 5.41) is 23.5. The van der Waals surface area contributed by atoms with Crippen LogP contribution in [0.15, 0.2) is 24.3 Å². The first-order valence-electron chi connectivity index (χ1n) is 12.6. The number of rotatable bonds is 3. The lowest BCUT2D eigenvalue weighted by Gasteiger charge is -2.41. The molecule has 3 aromatic rings. The summed E-state index contributed by atoms with van der Waals surface area (Å²) in [6.45, 7) is 3.13. The van der Waals surface area contributed by atoms with Gasteiger partial charge in [-0.2, -0.15) is 5.26 Å². The van der Waals surface area contributed by atoms with E-state index in [1.54, 1.807) is 4.90 Å². The molecule has 2 saturated heterocycles. The topological polar surface area (TPSA) is 136 Å². The van der Waals surface area contributed by atoms with Gasteiger partial charge in [0, 0.05) is 30.2 Å². The maximum absolute atomic E-state index is 13.1. The van der Waals surface area contributed by atoms with E-state index in [2.05, 4.69) is 27.3 Å². The highest BCUT2D eigenvalue weighted by Crippen LogP contribution is 2.37. The highest BCUT2D eigenvalue weighted by molar-refractivity contribution is 7.21. The third-order valence-electron chi connectivity index (χ3n) is 7.99. The number of nitrogens with one attached hydrogen (secondary N) is 1. The number of nitrogen functional groups attached to an aromatic ring is 1. The summed E-state index contributed by atoms with van der Waals surface area (Å²) < 4.78 is 0. The third kappa shape index (κ3) is 4.03. The number of aromatic nitrogens is 1. The number of aryl methyl sites for hydroxylation is 2. The highest BCUT2D eigenvalue weighted by atomic mass is 32.1. The van der Waals surface area contributed by atoms with Gasteiger partial charge in [0.05, 0.1) is 29.0 Å². The van der Waals surface area contributed by atoms with Crippen LogP contribution >= 0.6 is 11.3 Å². The van der Waals surface area contributed by atoms with Crippen LogP contribution in [0.5, 0.6) is 0 Å². The molecule has 0 radical (unpaired) electrons. The van der Waals surface area contributed by atoms with Crippen LogP contribution in [-0.4, -0.2) is 58.2 Å². The molecule has 0 spiro atoms. The number of hydrogen-bond donors (Lipinski definition) is 3. The average Bonchev–Trinajstić information content (AvgIpc) is 3.35. The van der Waals surface area contributed by atoms with Crippen LogP contribution in [-0.2, 0) is 12.8 Å². The Morgan fingerprint density at radius 1 is 1.19 bits per heavy atom. The van der Waals surface area contributed by atoms with E-state index in [4.69, 9.17) is 5.73 Å². The van der Waals surface area contributed by atoms with E-state index >= 15 is 0 Å². The van der Waals surface area contributed by atoms with Crippen molar-refractivity contribution in [3.05, 3.63) is 51.5 Å². The van der Waals surface area contributed by atoms with Crippen molar-refractivity contribution < 1.29 is 14.7 Å². The van der Waals surface area contributed by atoms with Crippen molar-refractivity contribution in [2.24, 2.45) is 0 Å². The number of nitrogens with two attached hydrogens (primary N) is 1. The van der Waals surface area contributed by atoms with Crippen molar-refractivity contribution in [3.63, 3.8) is 0 Å². The third-order valence-corrected chi connectivity index (χ3v) is 9.10. The van der Waals surface area contributed by atoms with E-state index in [0.717, 1.165) is 52.8 Å². The number of pyridine rings is 1. The zero-order valence-electron chi connectivity index (χ0n) is 20.5. The molecule has 1 aromatic carbocycles. The second kappa shape index (κ2) is 8.92. The number of carbonyl (C=O) groups is 2. The molecule has 4 N–H and O–H groups in total. The Bertz CT molecular complexity index is 1460. The van der Waals surface area contributed by atoms with Crippen LogP contribution in [0.1, 0.15) is 51.3 Å². The van der Waals surface area contributed by atoms with Crippen molar-refractivity contribution in [2.75, 3.05) is 23.7 Å². The second-order valence-electron chi connectivity index (χ2n) is 10.3. The number of carbonyl (C=O) groups excluding carboxylic acids is 1. The normalized spacial score (nSPS) is 22.5. The number of anilines is 2. The molecule has 4 heterocycles. The molecular weight excluding hydrogens is 488 g/mol. The molecule has 2 amide bonds. The summed E-state index contributed by atoms with van der Waals surface area (Å²) >= 11 is 1.31. The summed E-state index contributed by atoms with van der Waals surface area (Å²) in [7, 11) is 0. The van der Waals surface area contributed by atoms with Gasteiger partial charge in [-0.25, -0.2) is 9.78 Å². The van der Waals surface area contributed by atoms with E-state index < -0.39 is 6.09 Å². The number of fused-ring (bicyclic) bond motifs is 4. The van der Waals surface area contributed by atoms with Crippen LogP contribution < -0.4 is 16.0 Å². The SMILES string of the molecule is Cc1ccc2c(N)c(C(=O)N[C@@H]3CCc4cc(N5CC6CCC(C5)N6C(=O)O)c(C#N)cc4C3)sc2n1. The number of carboxylic acid groups (broad SMARTS) is 1. The molecule has 190 valence electrons. The molecule has 1 aliphatic carbocycles. The number of nitriles is 1. The highest BCUT2D eigenvalue weighted by Gasteiger charge is 2.43. The van der Waals surface area contributed by atoms with Crippen molar-refractivity contribution >= 4 is 44.9 Å². The van der Waals surface area contributed by atoms with Gasteiger partial charge < -0.3 is 21.1 Å². The summed E-state index contributed by atoms with van der Waals surface area (Å²) in [4.78, 5) is 34.3. The minimum Gasteiger partial charge on any atom is -0.465 e. The fourth-order valence-electron chi connectivity index (χ4n) is 6.19. The quantitative estimate of drug-likeness (QED) is 0.483. The Hall–Kier alpha value is -3.84. The average molecular weight is 517 g/mol. The Labute approximate surface area is 218 Å². The van der Waals surface area contributed by atoms with Gasteiger partial charge in [-0.1, -0.05) is 0 Å². The summed E-state index contributed by atoms with van der Waals surface area (Å²) in [5.41, 5.74) is 11.4. The number of hydrogen-bond acceptors (Lipinski definition) is 7. The molecule has 2 aromatic heterocycles. The smallest absolute Gasteiger partial charge is 0.407 e. The molecule has 2 fully saturated rings. The van der Waals surface area contributed by atoms with Gasteiger partial charge in [-0.3, -0.25) is 9.69 Å². The largest absolute Gasteiger partial charge is 0.465 e. The number of amides is 2. The lowest BCUT2D eigenvalue weighted by atomic mass is 9.86. The minimum absolute atomic E-state index is 0.0288. The van der Waals surface area contributed by atoms with Crippen LogP contribution in [0, 0.1) is 18.3 Å². The summed E-state index contributed by atoms with van der Waals surface area (Å²) in [5.74, 6) is -0.185. The standard InChI is InChI=1S/C27H28N6O3S/c1-14-2-7-21-23(29)24(37-26(21)30-14)25(34)31-18-4-3-15-10-22(17(11-28)8-16(15)9-18)32-12-19-5-6-20(13-32)33(19)27(35)36/h2,7-8,10,18-20H,3-6,9,12-13,29H2,1H3,(H,31,34)(H,35,36)/t18-,19?,20?/m1/s1. The molecule has 0 saturated carbocycles. The lowest BCUT2D eigenvalue weighted by Crippen LogP contribution is -2.55. The fourth-order valence-corrected chi connectivity index (χ4v) is 7.23. The molecule has 3 aliphatic rings. The Morgan fingerprint density at radius 2 is 1.95 bits per heavy atom. The summed E-state index contributed by atoms with van der Waals surface area (Å²) in [6, 6.07) is 10.1. The second-order valence-corrected chi connectivity index (χ2v) is 11.3. The molecule has 6 rings (SSSR count). The molecule has 10 heteroatoms. The van der Waals surface area contributed by atoms with Gasteiger partial charge in [0.2, 0.25) is 0 Å². The van der Waals surface area contributed by atoms with E-state index in [9.17, 15) is 20.0 Å². The first-order chi connectivity index (χ1) is 17.8. The first-order valence-corrected chi connectivity index (χ1v) is 13.4. The van der Waals surface area contributed by atoms with Crippen LogP contribution in [0.4, 0.5) is 16.2 Å². The van der Waals surface area contributed by atoms with E-state index in [0.29, 0.717) is 35.6 Å². The monoisotopic (exact) mass is 516 g/mol. The van der Waals surface area contributed by atoms with Gasteiger partial charge in [-0.05, 0) is 74.4 Å². The number of benzene rings is 1. The maximum atomic E-state index is 13.1. The zero-order valence-corrected chi connectivity index (χ0v) is 21.3. The predicted molar refractivity (Wildman–Crippen MR) is 142 cm³/mol. The minimum atomic E-state index is -0.852. The Balaban J connectivity index is 1.20. The van der Waals surface area contributed by atoms with E-state index in [1.807, 2.05) is 25.1 Å². The molecule has 2 unspecified atom stereocenters. The maximum Gasteiger partial charge on any atom is 0.407 e. The van der Waals surface area contributed by atoms with Gasteiger partial charge in [0.15, 0.2) is 0 Å². The molecule has 2 aliphatic heterocycles. The van der Waals surface area contributed by atoms with Gasteiger partial charge in [0.25, 0.3) is 5.91 Å². The van der Waals surface area contributed by atoms with Crippen molar-refractivity contribution in [1.29, 1.82) is 5.26 Å². The van der Waals surface area contributed by atoms with E-state index in [1.165, 1.54) is 16.9 Å². The van der Waals surface area contributed by atoms with Crippen LogP contribution in [0.25, 0.3) is 10.2 Å². The van der Waals surface area contributed by atoms with Crippen molar-refractivity contribution in [1.82, 2.24) is 15.2 Å². The van der Waals surface area contributed by atoms with Gasteiger partial charge >= 0.3 is 6.09 Å². The number of thiophene rings is 1. The number of piperazine rings is 1. The van der Waals surface area contributed by atoms with Crippen molar-refractivity contribution in [2.45, 2.75) is 57.2 Å². The summed E-state index contributed by atoms with van der Waals surface area (Å²) in [6.07, 6.45) is 3.11. The molecule has 9 nitrogen and oxygen atoms in total. The molecular formula is C27H28N6O3S.